The molecular formula is C75H132N2Ni. The second-order valence-corrected chi connectivity index (χ2v) is 26.0. The maximum atomic E-state index is 11.0. The van der Waals surface area contributed by atoms with Crippen LogP contribution in [0.3, 0.4) is 0 Å². The monoisotopic (exact) mass is 1120 g/mol. The summed E-state index contributed by atoms with van der Waals surface area (Å²) in [6, 6.07) is 17.4. The molecule has 2 nitrogen and oxygen atoms in total. The van der Waals surface area contributed by atoms with E-state index in [0.717, 1.165) is 40.9 Å². The van der Waals surface area contributed by atoms with Crippen molar-refractivity contribution in [2.24, 2.45) is 0 Å². The third kappa shape index (κ3) is 41.1. The van der Waals surface area contributed by atoms with E-state index in [2.05, 4.69) is 104 Å². The molecular weight excluding hydrogens is 988 g/mol. The average Bonchev–Trinajstić information content (AvgIpc) is 3.79. The van der Waals surface area contributed by atoms with Crippen molar-refractivity contribution in [1.82, 2.24) is 0 Å². The van der Waals surface area contributed by atoms with Gasteiger partial charge < -0.3 is 5.53 Å². The number of hydrogen-bond acceptors (Lipinski definition) is 0. The molecule has 2 aromatic carbocycles. The summed E-state index contributed by atoms with van der Waals surface area (Å²) in [6.07, 6.45) is 76.8. The van der Waals surface area contributed by atoms with Crippen molar-refractivity contribution < 1.29 is 19.1 Å². The summed E-state index contributed by atoms with van der Waals surface area (Å²) in [6.45, 7) is 11.2. The number of nitrogens with zero attached hydrogens (tertiary/aromatic N) is 2. The molecule has 1 heterocycles. The van der Waals surface area contributed by atoms with Crippen LogP contribution in [0.5, 0.6) is 0 Å². The molecule has 0 bridgehead atoms. The van der Waals surface area contributed by atoms with Gasteiger partial charge in [-0.15, -0.1) is 0 Å². The molecule has 2 aromatic rings. The van der Waals surface area contributed by atoms with Crippen molar-refractivity contribution in [3.05, 3.63) is 88.0 Å². The van der Waals surface area contributed by atoms with Gasteiger partial charge in [-0.1, -0.05) is 219 Å². The zero-order valence-electron chi connectivity index (χ0n) is 53.1. The van der Waals surface area contributed by atoms with E-state index in [1.165, 1.54) is 348 Å². The predicted octanol–water partition coefficient (Wildman–Crippen LogP) is 27.1. The van der Waals surface area contributed by atoms with E-state index in [9.17, 15) is 5.53 Å². The number of rotatable bonds is 56. The van der Waals surface area contributed by atoms with Gasteiger partial charge in [0.15, 0.2) is 0 Å². The second-order valence-electron chi connectivity index (χ2n) is 24.5. The first kappa shape index (κ1) is 72.1. The summed E-state index contributed by atoms with van der Waals surface area (Å²) in [4.78, 5) is 0. The average molecular weight is 1120 g/mol. The fraction of sp³-hybridized carbons (Fsp3) is 0.787. The first-order valence-corrected chi connectivity index (χ1v) is 36.5. The van der Waals surface area contributed by atoms with Crippen LogP contribution in [-0.2, 0) is 27.3 Å². The van der Waals surface area contributed by atoms with Gasteiger partial charge >= 0.3 is 166 Å². The number of allylic oxidation sites excluding steroid dienone is 2. The number of benzene rings is 2. The normalized spacial score (nSPS) is 12.5. The van der Waals surface area contributed by atoms with E-state index in [1.54, 1.807) is 0 Å². The zero-order chi connectivity index (χ0) is 55.9. The molecule has 0 amide bonds. The van der Waals surface area contributed by atoms with Crippen LogP contribution in [0.1, 0.15) is 378 Å². The van der Waals surface area contributed by atoms with Crippen LogP contribution in [0, 0.1) is 0 Å². The van der Waals surface area contributed by atoms with E-state index in [1.807, 2.05) is 0 Å². The van der Waals surface area contributed by atoms with Crippen molar-refractivity contribution >= 4 is 11.4 Å². The predicted molar refractivity (Wildman–Crippen MR) is 348 cm³/mol. The zero-order valence-corrected chi connectivity index (χ0v) is 54.1. The van der Waals surface area contributed by atoms with Gasteiger partial charge in [-0.2, -0.15) is 0 Å². The summed E-state index contributed by atoms with van der Waals surface area (Å²) in [7, 11) is 0. The Balaban J connectivity index is 0.000000576. The third-order valence-electron chi connectivity index (χ3n) is 16.9. The van der Waals surface area contributed by atoms with Gasteiger partial charge in [0, 0.05) is 22.8 Å². The maximum absolute atomic E-state index is 11.0. The van der Waals surface area contributed by atoms with Crippen molar-refractivity contribution in [3.63, 3.8) is 0 Å². The molecule has 0 N–H and O–H groups in total. The molecule has 3 rings (SSSR count). The Labute approximate surface area is 494 Å². The summed E-state index contributed by atoms with van der Waals surface area (Å²) >= 11 is 2.05. The van der Waals surface area contributed by atoms with Crippen molar-refractivity contribution in [2.45, 2.75) is 379 Å². The standard InChI is InChI=1S/C29H38N2.2C23H47.Ni/c1-4-6-8-10-13-24-17-19-26(20-18-24)29-23(3)21-28(31(29)30)27-16-12-15-25(22-27)14-11-9-7-5-2;2*1-3-5-7-9-11-13-15-17-19-21-23-22-20-18-16-14-12-10-8-6-4-2;/h12,15-22H,4-11,13-14H2,1-3H3;2*1,3-23H2,2H3;. The molecule has 3 heteroatoms. The van der Waals surface area contributed by atoms with Crippen molar-refractivity contribution in [2.75, 3.05) is 0 Å². The van der Waals surface area contributed by atoms with Gasteiger partial charge in [-0.05, 0) is 68.0 Å². The quantitative estimate of drug-likeness (QED) is 0.0358. The van der Waals surface area contributed by atoms with Crippen LogP contribution in [-0.4, -0.2) is 4.70 Å². The fourth-order valence-corrected chi connectivity index (χ4v) is 12.9. The molecule has 0 radical (unpaired) electrons. The molecule has 0 aromatic heterocycles. The minimum atomic E-state index is 0.867. The number of unbranched alkanes of at least 4 members (excludes halogenated alkanes) is 46. The molecule has 1 aliphatic rings. The fourth-order valence-electron chi connectivity index (χ4n) is 11.7. The molecule has 0 fully saturated rings. The van der Waals surface area contributed by atoms with Gasteiger partial charge in [0.25, 0.3) is 0 Å². The Bertz CT molecular complexity index is 1630. The van der Waals surface area contributed by atoms with Gasteiger partial charge in [0.05, 0.1) is 0 Å². The molecule has 0 atom stereocenters. The van der Waals surface area contributed by atoms with Crippen molar-refractivity contribution in [3.8, 4) is 0 Å². The number of hydrogen-bond donors (Lipinski definition) is 0. The van der Waals surface area contributed by atoms with Crippen LogP contribution in [0.2, 0.25) is 10.8 Å². The van der Waals surface area contributed by atoms with Crippen LogP contribution in [0.25, 0.3) is 16.9 Å². The molecule has 0 spiro atoms. The van der Waals surface area contributed by atoms with E-state index in [4.69, 9.17) is 0 Å². The van der Waals surface area contributed by atoms with Gasteiger partial charge in [-0.3, -0.25) is 0 Å². The van der Waals surface area contributed by atoms with Crippen LogP contribution >= 0.6 is 0 Å². The van der Waals surface area contributed by atoms with E-state index in [-0.39, 0.29) is 0 Å². The molecule has 78 heavy (non-hydrogen) atoms. The van der Waals surface area contributed by atoms with Gasteiger partial charge in [0.2, 0.25) is 11.4 Å². The molecule has 452 valence electrons. The smallest absolute Gasteiger partial charge is 0.493 e. The summed E-state index contributed by atoms with van der Waals surface area (Å²) in [5.74, 6) is 0. The summed E-state index contributed by atoms with van der Waals surface area (Å²) < 4.78 is 1.38. The Morgan fingerprint density at radius 3 is 0.949 bits per heavy atom. The van der Waals surface area contributed by atoms with Crippen LogP contribution < -0.4 is 0 Å². The Hall–Kier alpha value is -1.99. The summed E-state index contributed by atoms with van der Waals surface area (Å²) in [5.41, 5.74) is 18.8. The minimum Gasteiger partial charge on any atom is -0.493 e. The second kappa shape index (κ2) is 55.5. The molecule has 0 saturated carbocycles. The number of aryl methyl sites for hydroxylation is 2. The molecule has 0 aliphatic carbocycles. The summed E-state index contributed by atoms with van der Waals surface area (Å²) in [5, 5.41) is 2.87. The van der Waals surface area contributed by atoms with E-state index >= 15 is 0 Å². The molecule has 0 unspecified atom stereocenters. The first-order chi connectivity index (χ1) is 38.5. The Morgan fingerprint density at radius 2 is 0.615 bits per heavy atom. The Kier molecular flexibility index (Phi) is 51.4. The van der Waals surface area contributed by atoms with Gasteiger partial charge in [0.1, 0.15) is 0 Å². The minimum absolute atomic E-state index is 0.867. The van der Waals surface area contributed by atoms with E-state index < -0.39 is 0 Å². The van der Waals surface area contributed by atoms with Crippen LogP contribution in [0.15, 0.2) is 60.2 Å². The third-order valence-corrected chi connectivity index (χ3v) is 18.3. The Morgan fingerprint density at radius 1 is 0.321 bits per heavy atom. The van der Waals surface area contributed by atoms with E-state index in [0.29, 0.717) is 0 Å². The first-order valence-electron chi connectivity index (χ1n) is 35.1. The van der Waals surface area contributed by atoms with Crippen molar-refractivity contribution in [1.29, 1.82) is 0 Å². The van der Waals surface area contributed by atoms with Crippen LogP contribution in [0.4, 0.5) is 0 Å². The van der Waals surface area contributed by atoms with Gasteiger partial charge in [-0.25, -0.2) is 4.70 Å². The SMILES string of the molecule is CCCCCCCCCCCCCCCCCCCCCC[CH2][Ni][CH2]CCCCCCCCCCCCCCCCCCCCCC.CCCCCCc1ccc(C2=C(C)C=C(c3cccc(CCCCCC)c3)[N+]2=[N-])cc1. The molecule has 0 saturated heterocycles. The topological polar surface area (TPSA) is 25.3 Å². The molecule has 1 aliphatic heterocycles.